The molecule has 0 bridgehead atoms. The first-order valence-electron chi connectivity index (χ1n) is 8.52. The molecule has 0 spiro atoms. The molecule has 9 nitrogen and oxygen atoms in total. The van der Waals surface area contributed by atoms with E-state index in [0.29, 0.717) is 0 Å². The van der Waals surface area contributed by atoms with Crippen molar-refractivity contribution in [2.45, 2.75) is 31.5 Å². The molecule has 158 valence electrons. The van der Waals surface area contributed by atoms with Crippen molar-refractivity contribution in [1.29, 1.82) is 0 Å². The molecule has 2 aliphatic rings. The van der Waals surface area contributed by atoms with Crippen molar-refractivity contribution in [3.63, 3.8) is 0 Å². The molecular formula is C16H16ClF2N2O7P. The first-order chi connectivity index (χ1) is 13.7. The van der Waals surface area contributed by atoms with Gasteiger partial charge in [-0.1, -0.05) is 0 Å². The molecule has 1 aromatic carbocycles. The maximum absolute atomic E-state index is 13.9. The van der Waals surface area contributed by atoms with Gasteiger partial charge >= 0.3 is 167 Å². The topological polar surface area (TPSA) is 112 Å². The molecule has 29 heavy (non-hydrogen) atoms. The summed E-state index contributed by atoms with van der Waals surface area (Å²) in [4.78, 5) is 35.4. The Morgan fingerprint density at radius 1 is 1.31 bits per heavy atom. The third kappa shape index (κ3) is 4.26. The van der Waals surface area contributed by atoms with Crippen LogP contribution in [0.3, 0.4) is 0 Å². The third-order valence-electron chi connectivity index (χ3n) is 4.57. The van der Waals surface area contributed by atoms with Crippen molar-refractivity contribution < 1.29 is 32.0 Å². The van der Waals surface area contributed by atoms with Crippen molar-refractivity contribution in [3.8, 4) is 0 Å². The molecule has 2 saturated heterocycles. The zero-order valence-electron chi connectivity index (χ0n) is 14.6. The van der Waals surface area contributed by atoms with E-state index in [9.17, 15) is 23.3 Å². The predicted octanol–water partition coefficient (Wildman–Crippen LogP) is 1.79. The molecule has 2 aromatic rings. The van der Waals surface area contributed by atoms with Gasteiger partial charge in [0.25, 0.3) is 0 Å². The van der Waals surface area contributed by atoms with E-state index in [1.54, 1.807) is 0 Å². The number of H-pyrrole nitrogens is 1. The van der Waals surface area contributed by atoms with Crippen molar-refractivity contribution >= 4 is 19.8 Å². The Morgan fingerprint density at radius 3 is 2.86 bits per heavy atom. The fraction of sp³-hybridized carbons (Fsp3) is 0.375. The van der Waals surface area contributed by atoms with Gasteiger partial charge in [0.15, 0.2) is 0 Å². The van der Waals surface area contributed by atoms with E-state index in [4.69, 9.17) is 29.9 Å². The molecule has 3 atom stereocenters. The fourth-order valence-corrected chi connectivity index (χ4v) is 4.84. The molecule has 0 unspecified atom stereocenters. The van der Waals surface area contributed by atoms with Crippen molar-refractivity contribution in [2.75, 3.05) is 6.61 Å². The average molecular weight is 453 g/mol. The summed E-state index contributed by atoms with van der Waals surface area (Å²) in [5.74, 6) is -1.74. The number of fused-ring (bicyclic) bond motifs is 1. The van der Waals surface area contributed by atoms with Crippen LogP contribution in [0.1, 0.15) is 18.2 Å². The second-order valence-corrected chi connectivity index (χ2v) is 8.82. The van der Waals surface area contributed by atoms with Crippen LogP contribution in [0.25, 0.3) is 0 Å². The van der Waals surface area contributed by atoms with Gasteiger partial charge in [-0.25, -0.2) is 0 Å². The van der Waals surface area contributed by atoms with Crippen LogP contribution in [0.5, 0.6) is 0 Å². The van der Waals surface area contributed by atoms with Gasteiger partial charge in [-0.2, -0.15) is 0 Å². The molecule has 3 heterocycles. The molecule has 0 aliphatic carbocycles. The van der Waals surface area contributed by atoms with E-state index < -0.39 is 49.5 Å². The number of benzene rings is 1. The normalized spacial score (nSPS) is 26.8. The Labute approximate surface area is 167 Å². The van der Waals surface area contributed by atoms with Gasteiger partial charge in [-0.05, 0) is 0 Å². The Kier molecular flexibility index (Phi) is 5.56. The van der Waals surface area contributed by atoms with Crippen LogP contribution in [0.4, 0.5) is 8.78 Å². The van der Waals surface area contributed by atoms with E-state index in [2.05, 4.69) is 0 Å². The van der Waals surface area contributed by atoms with E-state index >= 15 is 0 Å². The fourth-order valence-electron chi connectivity index (χ4n) is 3.12. The molecule has 13 heteroatoms. The number of nitrogens with zero attached hydrogens (tertiary/aromatic N) is 1. The molecular weight excluding hydrogens is 437 g/mol. The molecule has 1 aromatic heterocycles. The Hall–Kier alpha value is -1.72. The Morgan fingerprint density at radius 2 is 2.10 bits per heavy atom. The molecule has 2 aliphatic heterocycles. The zero-order valence-corrected chi connectivity index (χ0v) is 16.4. The number of hydrogen-bond acceptors (Lipinski definition) is 7. The van der Waals surface area contributed by atoms with Crippen LogP contribution in [-0.2, 0) is 24.9 Å². The van der Waals surface area contributed by atoms with Crippen LogP contribution < -0.4 is 11.2 Å². The monoisotopic (exact) mass is 452 g/mol. The molecule has 0 saturated carbocycles. The Bertz CT molecular complexity index is 1050. The number of hydrogen-bond donors (Lipinski definition) is 2. The summed E-state index contributed by atoms with van der Waals surface area (Å²) in [6.07, 6.45) is -1.47. The quantitative estimate of drug-likeness (QED) is 0.680. The summed E-state index contributed by atoms with van der Waals surface area (Å²) < 4.78 is 50.0. The van der Waals surface area contributed by atoms with Gasteiger partial charge in [0.2, 0.25) is 0 Å². The maximum atomic E-state index is 13.9. The Balaban J connectivity index is 1.44. The van der Waals surface area contributed by atoms with Gasteiger partial charge < -0.3 is 0 Å². The van der Waals surface area contributed by atoms with Crippen molar-refractivity contribution in [1.82, 2.24) is 9.55 Å². The van der Waals surface area contributed by atoms with Gasteiger partial charge in [-0.3, -0.25) is 0 Å². The standard InChI is InChI=1S/C16H16ClF2N2O7P/c17-9-2-1-8(10(18)3-9)6-25-29(24)26-7-13-12(28-29)4-14(27-13)21-5-11(19)15(22)20-16(21)23/h1-3,5,12-14,24,29H,4,6-7H2,(H,20,22,23)/t12-,13+,14+/m0/s1. The molecule has 2 N–H and O–H groups in total. The number of ether oxygens (including phenoxy) is 1. The SMILES string of the molecule is O=c1[nH]c(=O)n([C@H]2C[C@@H]3O[PH](O)(OCc4ccc(Cl)cc4F)OC[C@H]3O2)cc1F. The van der Waals surface area contributed by atoms with Crippen LogP contribution in [-0.4, -0.2) is 33.3 Å². The van der Waals surface area contributed by atoms with Crippen molar-refractivity contribution in [3.05, 3.63) is 67.5 Å². The van der Waals surface area contributed by atoms with Crippen LogP contribution in [0.15, 0.2) is 34.0 Å². The summed E-state index contributed by atoms with van der Waals surface area (Å²) in [6.45, 7) is -0.411. The van der Waals surface area contributed by atoms with E-state index in [-0.39, 0.29) is 30.2 Å². The van der Waals surface area contributed by atoms with Gasteiger partial charge in [0.05, 0.1) is 0 Å². The van der Waals surface area contributed by atoms with E-state index in [0.717, 1.165) is 16.8 Å². The van der Waals surface area contributed by atoms with Crippen LogP contribution in [0.2, 0.25) is 5.02 Å². The van der Waals surface area contributed by atoms with Gasteiger partial charge in [-0.15, -0.1) is 0 Å². The second kappa shape index (κ2) is 7.84. The summed E-state index contributed by atoms with van der Waals surface area (Å²) in [5.41, 5.74) is -1.82. The molecule has 0 amide bonds. The van der Waals surface area contributed by atoms with Crippen molar-refractivity contribution in [2.24, 2.45) is 0 Å². The summed E-state index contributed by atoms with van der Waals surface area (Å²) in [6, 6.07) is 4.00. The molecule has 2 fully saturated rings. The second-order valence-electron chi connectivity index (χ2n) is 6.52. The number of nitrogens with one attached hydrogen (secondary N) is 1. The first-order valence-corrected chi connectivity index (χ1v) is 10.6. The van der Waals surface area contributed by atoms with Gasteiger partial charge in [0, 0.05) is 0 Å². The number of rotatable bonds is 4. The van der Waals surface area contributed by atoms with E-state index in [1.165, 1.54) is 12.1 Å². The predicted molar refractivity (Wildman–Crippen MR) is 97.4 cm³/mol. The minimum atomic E-state index is -4.10. The first kappa shape index (κ1) is 20.5. The molecule has 0 radical (unpaired) electrons. The van der Waals surface area contributed by atoms with Gasteiger partial charge in [0.1, 0.15) is 0 Å². The number of aromatic nitrogens is 2. The minimum absolute atomic E-state index is 0.0768. The number of halogens is 3. The summed E-state index contributed by atoms with van der Waals surface area (Å²) in [7, 11) is -4.10. The van der Waals surface area contributed by atoms with Crippen LogP contribution in [0, 0.1) is 11.6 Å². The van der Waals surface area contributed by atoms with E-state index in [1.807, 2.05) is 4.98 Å². The number of aromatic amines is 1. The third-order valence-corrected chi connectivity index (χ3v) is 6.45. The summed E-state index contributed by atoms with van der Waals surface area (Å²) >= 11 is 5.70. The zero-order chi connectivity index (χ0) is 20.8. The van der Waals surface area contributed by atoms with Crippen LogP contribution >= 0.6 is 19.8 Å². The average Bonchev–Trinajstić information content (AvgIpc) is 3.06. The molecule has 4 rings (SSSR count). The summed E-state index contributed by atoms with van der Waals surface area (Å²) in [5, 5.41) is 0.221.